The van der Waals surface area contributed by atoms with E-state index in [0.29, 0.717) is 13.1 Å². The van der Waals surface area contributed by atoms with Crippen molar-refractivity contribution in [1.29, 1.82) is 0 Å². The van der Waals surface area contributed by atoms with Crippen molar-refractivity contribution < 1.29 is 13.9 Å². The Hall–Kier alpha value is -1.29. The lowest BCUT2D eigenvalue weighted by atomic mass is 9.98. The number of methoxy groups -OCH3 is 1. The number of hydrogen-bond acceptors (Lipinski definition) is 2. The summed E-state index contributed by atoms with van der Waals surface area (Å²) in [7, 11) is 1.43. The molecule has 0 spiro atoms. The van der Waals surface area contributed by atoms with Gasteiger partial charge in [-0.15, -0.1) is 11.6 Å². The zero-order valence-corrected chi connectivity index (χ0v) is 11.8. The highest BCUT2D eigenvalue weighted by Crippen LogP contribution is 2.27. The number of carbonyl (C=O) groups excluding carboxylic acids is 1. The number of likely N-dealkylation sites (tertiary alicyclic amines) is 1. The maximum atomic E-state index is 13.9. The summed E-state index contributed by atoms with van der Waals surface area (Å²) < 4.78 is 18.9. The Bertz CT molecular complexity index is 481. The monoisotopic (exact) mass is 285 g/mol. The van der Waals surface area contributed by atoms with Crippen molar-refractivity contribution in [2.75, 3.05) is 20.2 Å². The van der Waals surface area contributed by atoms with Crippen LogP contribution in [-0.4, -0.2) is 36.4 Å². The molecule has 2 unspecified atom stereocenters. The van der Waals surface area contributed by atoms with E-state index in [-0.39, 0.29) is 28.5 Å². The molecule has 0 saturated carbocycles. The van der Waals surface area contributed by atoms with Gasteiger partial charge in [0.1, 0.15) is 17.1 Å². The molecular formula is C14H17ClFNO2. The molecule has 1 saturated heterocycles. The van der Waals surface area contributed by atoms with E-state index in [4.69, 9.17) is 16.3 Å². The zero-order valence-electron chi connectivity index (χ0n) is 11.0. The molecule has 0 radical (unpaired) electrons. The average Bonchev–Trinajstić information content (AvgIpc) is 2.40. The van der Waals surface area contributed by atoms with E-state index in [2.05, 4.69) is 0 Å². The third-order valence-corrected chi connectivity index (χ3v) is 4.15. The molecule has 0 aliphatic carbocycles. The topological polar surface area (TPSA) is 29.5 Å². The number of carbonyl (C=O) groups is 1. The molecule has 1 heterocycles. The Labute approximate surface area is 117 Å². The first-order chi connectivity index (χ1) is 9.04. The fourth-order valence-corrected chi connectivity index (χ4v) is 2.52. The minimum atomic E-state index is -0.551. The minimum absolute atomic E-state index is 0.00484. The molecule has 1 aromatic rings. The number of halogens is 2. The number of rotatable bonds is 2. The molecule has 1 aliphatic heterocycles. The summed E-state index contributed by atoms with van der Waals surface area (Å²) in [5.74, 6) is -0.404. The molecule has 1 aromatic carbocycles. The largest absolute Gasteiger partial charge is 0.496 e. The molecule has 104 valence electrons. The van der Waals surface area contributed by atoms with Gasteiger partial charge in [-0.05, 0) is 24.5 Å². The average molecular weight is 286 g/mol. The van der Waals surface area contributed by atoms with Gasteiger partial charge in [-0.2, -0.15) is 0 Å². The second kappa shape index (κ2) is 5.78. The van der Waals surface area contributed by atoms with Crippen LogP contribution in [0.5, 0.6) is 5.75 Å². The first-order valence-electron chi connectivity index (χ1n) is 6.30. The summed E-state index contributed by atoms with van der Waals surface area (Å²) in [6.45, 7) is 3.09. The van der Waals surface area contributed by atoms with E-state index in [9.17, 15) is 9.18 Å². The van der Waals surface area contributed by atoms with E-state index in [0.717, 1.165) is 6.42 Å². The van der Waals surface area contributed by atoms with Gasteiger partial charge in [0.15, 0.2) is 0 Å². The highest BCUT2D eigenvalue weighted by molar-refractivity contribution is 6.20. The second-order valence-electron chi connectivity index (χ2n) is 4.85. The first-order valence-corrected chi connectivity index (χ1v) is 6.74. The van der Waals surface area contributed by atoms with Gasteiger partial charge in [0.2, 0.25) is 0 Å². The quantitative estimate of drug-likeness (QED) is 0.782. The van der Waals surface area contributed by atoms with Crippen LogP contribution in [-0.2, 0) is 0 Å². The van der Waals surface area contributed by atoms with Crippen molar-refractivity contribution in [3.05, 3.63) is 29.6 Å². The van der Waals surface area contributed by atoms with E-state index < -0.39 is 5.82 Å². The van der Waals surface area contributed by atoms with Crippen molar-refractivity contribution >= 4 is 17.5 Å². The van der Waals surface area contributed by atoms with E-state index in [1.807, 2.05) is 6.92 Å². The van der Waals surface area contributed by atoms with Crippen molar-refractivity contribution in [1.82, 2.24) is 4.90 Å². The van der Waals surface area contributed by atoms with Crippen molar-refractivity contribution in [2.24, 2.45) is 5.92 Å². The summed E-state index contributed by atoms with van der Waals surface area (Å²) in [5, 5.41) is 0.0755. The molecular weight excluding hydrogens is 269 g/mol. The lowest BCUT2D eigenvalue weighted by Crippen LogP contribution is -2.43. The lowest BCUT2D eigenvalue weighted by molar-refractivity contribution is 0.0678. The second-order valence-corrected chi connectivity index (χ2v) is 5.41. The van der Waals surface area contributed by atoms with Gasteiger partial charge in [0, 0.05) is 18.5 Å². The predicted octanol–water partition coefficient (Wildman–Crippen LogP) is 2.92. The molecule has 0 N–H and O–H groups in total. The van der Waals surface area contributed by atoms with Gasteiger partial charge < -0.3 is 9.64 Å². The fourth-order valence-electron chi connectivity index (χ4n) is 2.34. The summed E-state index contributed by atoms with van der Waals surface area (Å²) in [6.07, 6.45) is 0.727. The summed E-state index contributed by atoms with van der Waals surface area (Å²) in [4.78, 5) is 14.1. The third kappa shape index (κ3) is 2.84. The number of hydrogen-bond donors (Lipinski definition) is 0. The Morgan fingerprint density at radius 1 is 1.53 bits per heavy atom. The molecule has 2 rings (SSSR count). The number of alkyl halides is 1. The highest BCUT2D eigenvalue weighted by atomic mass is 35.5. The van der Waals surface area contributed by atoms with Gasteiger partial charge in [-0.25, -0.2) is 4.39 Å². The third-order valence-electron chi connectivity index (χ3n) is 3.50. The van der Waals surface area contributed by atoms with Crippen LogP contribution in [0.3, 0.4) is 0 Å². The molecule has 19 heavy (non-hydrogen) atoms. The van der Waals surface area contributed by atoms with Crippen LogP contribution in [0.1, 0.15) is 23.7 Å². The minimum Gasteiger partial charge on any atom is -0.496 e. The fraction of sp³-hybridized carbons (Fsp3) is 0.500. The molecule has 0 aromatic heterocycles. The van der Waals surface area contributed by atoms with E-state index in [1.165, 1.54) is 19.2 Å². The Morgan fingerprint density at radius 3 is 2.89 bits per heavy atom. The molecule has 1 amide bonds. The van der Waals surface area contributed by atoms with Crippen molar-refractivity contribution in [3.63, 3.8) is 0 Å². The molecule has 2 atom stereocenters. The van der Waals surface area contributed by atoms with Gasteiger partial charge >= 0.3 is 0 Å². The van der Waals surface area contributed by atoms with Crippen LogP contribution in [0, 0.1) is 11.7 Å². The summed E-state index contributed by atoms with van der Waals surface area (Å²) in [5.41, 5.74) is 0.00484. The molecule has 1 aliphatic rings. The molecule has 1 fully saturated rings. The van der Waals surface area contributed by atoms with Crippen LogP contribution in [0.2, 0.25) is 0 Å². The van der Waals surface area contributed by atoms with Gasteiger partial charge in [0.25, 0.3) is 5.91 Å². The van der Waals surface area contributed by atoms with E-state index >= 15 is 0 Å². The zero-order chi connectivity index (χ0) is 14.0. The number of benzene rings is 1. The number of nitrogens with zero attached hydrogens (tertiary/aromatic N) is 1. The normalized spacial score (nSPS) is 23.3. The van der Waals surface area contributed by atoms with Crippen LogP contribution >= 0.6 is 11.6 Å². The summed E-state index contributed by atoms with van der Waals surface area (Å²) in [6, 6.07) is 4.39. The lowest BCUT2D eigenvalue weighted by Gasteiger charge is -2.34. The Kier molecular flexibility index (Phi) is 4.30. The maximum Gasteiger partial charge on any atom is 0.260 e. The number of piperidine rings is 1. The smallest absolute Gasteiger partial charge is 0.260 e. The molecule has 3 nitrogen and oxygen atoms in total. The van der Waals surface area contributed by atoms with E-state index in [1.54, 1.807) is 11.0 Å². The first kappa shape index (κ1) is 14.1. The number of amides is 1. The van der Waals surface area contributed by atoms with Gasteiger partial charge in [-0.1, -0.05) is 13.0 Å². The Morgan fingerprint density at radius 2 is 2.26 bits per heavy atom. The SMILES string of the molecule is COc1cccc(F)c1C(=O)N1CCC(Cl)C(C)C1. The van der Waals surface area contributed by atoms with Gasteiger partial charge in [0.05, 0.1) is 7.11 Å². The molecule has 0 bridgehead atoms. The Balaban J connectivity index is 2.25. The van der Waals surface area contributed by atoms with Crippen LogP contribution in [0.15, 0.2) is 18.2 Å². The predicted molar refractivity (Wildman–Crippen MR) is 72.3 cm³/mol. The van der Waals surface area contributed by atoms with Crippen LogP contribution in [0.25, 0.3) is 0 Å². The maximum absolute atomic E-state index is 13.9. The summed E-state index contributed by atoms with van der Waals surface area (Å²) >= 11 is 6.14. The standard InChI is InChI=1S/C14H17ClFNO2/c1-9-8-17(7-6-10(9)15)14(18)13-11(16)4-3-5-12(13)19-2/h3-5,9-10H,6-8H2,1-2H3. The number of ether oxygens (including phenoxy) is 1. The highest BCUT2D eigenvalue weighted by Gasteiger charge is 2.30. The van der Waals surface area contributed by atoms with Crippen LogP contribution < -0.4 is 4.74 Å². The molecule has 5 heteroatoms. The van der Waals surface area contributed by atoms with Crippen LogP contribution in [0.4, 0.5) is 4.39 Å². The van der Waals surface area contributed by atoms with Crippen molar-refractivity contribution in [2.45, 2.75) is 18.7 Å². The van der Waals surface area contributed by atoms with Crippen molar-refractivity contribution in [3.8, 4) is 5.75 Å². The van der Waals surface area contributed by atoms with Gasteiger partial charge in [-0.3, -0.25) is 4.79 Å².